The number of aromatic nitrogens is 3. The molecule has 3 aliphatic rings. The van der Waals surface area contributed by atoms with Gasteiger partial charge in [0.1, 0.15) is 23.3 Å². The number of nitrogens with one attached hydrogen (secondary N) is 3. The lowest BCUT2D eigenvalue weighted by atomic mass is 9.78. The molecule has 3 fully saturated rings. The molecule has 1 unspecified atom stereocenters. The second kappa shape index (κ2) is 12.7. The number of hydrogen-bond donors (Lipinski definition) is 3. The van der Waals surface area contributed by atoms with Gasteiger partial charge >= 0.3 is 6.09 Å². The largest absolute Gasteiger partial charge is 0.493 e. The van der Waals surface area contributed by atoms with Crippen molar-refractivity contribution < 1.29 is 19.1 Å². The Bertz CT molecular complexity index is 1410. The number of hydrazine groups is 1. The summed E-state index contributed by atoms with van der Waals surface area (Å²) in [5, 5.41) is 5.36. The molecule has 1 aliphatic heterocycles. The van der Waals surface area contributed by atoms with E-state index in [-0.39, 0.29) is 18.0 Å². The van der Waals surface area contributed by atoms with Crippen LogP contribution in [0.1, 0.15) is 80.6 Å². The molecule has 224 valence electrons. The summed E-state index contributed by atoms with van der Waals surface area (Å²) < 4.78 is 11.3. The number of hydrogen-bond acceptors (Lipinski definition) is 7. The molecule has 3 heterocycles. The average Bonchev–Trinajstić information content (AvgIpc) is 3.72. The number of ether oxygens (including phenoxy) is 2. The molecule has 42 heavy (non-hydrogen) atoms. The summed E-state index contributed by atoms with van der Waals surface area (Å²) in [7, 11) is 0. The number of benzene rings is 1. The Morgan fingerprint density at radius 3 is 2.69 bits per heavy atom. The second-order valence-corrected chi connectivity index (χ2v) is 12.1. The van der Waals surface area contributed by atoms with Crippen LogP contribution in [0.2, 0.25) is 0 Å². The highest BCUT2D eigenvalue weighted by Crippen LogP contribution is 2.37. The number of carbonyl (C=O) groups is 2. The predicted molar refractivity (Wildman–Crippen MR) is 160 cm³/mol. The van der Waals surface area contributed by atoms with Gasteiger partial charge in [0.2, 0.25) is 0 Å². The number of aryl methyl sites for hydroxylation is 1. The van der Waals surface area contributed by atoms with Gasteiger partial charge < -0.3 is 19.8 Å². The number of carbonyl (C=O) groups excluding carboxylic acids is 2. The predicted octanol–water partition coefficient (Wildman–Crippen LogP) is 5.53. The van der Waals surface area contributed by atoms with Crippen molar-refractivity contribution in [1.82, 2.24) is 30.7 Å². The van der Waals surface area contributed by atoms with Gasteiger partial charge in [0.15, 0.2) is 0 Å². The minimum absolute atomic E-state index is 0.106. The molecule has 0 radical (unpaired) electrons. The van der Waals surface area contributed by atoms with E-state index in [0.29, 0.717) is 42.2 Å². The van der Waals surface area contributed by atoms with E-state index >= 15 is 0 Å². The average molecular weight is 575 g/mol. The number of nitrogens with zero attached hydrogens (tertiary/aromatic N) is 3. The number of piperidine rings is 1. The van der Waals surface area contributed by atoms with Gasteiger partial charge in [-0.05, 0) is 89.2 Å². The smallest absolute Gasteiger partial charge is 0.421 e. The molecule has 0 bridgehead atoms. The van der Waals surface area contributed by atoms with E-state index in [1.165, 1.54) is 25.6 Å². The Balaban J connectivity index is 1.11. The summed E-state index contributed by atoms with van der Waals surface area (Å²) in [5.74, 6) is 1.81. The molecule has 0 spiro atoms. The fourth-order valence-corrected chi connectivity index (χ4v) is 6.54. The van der Waals surface area contributed by atoms with Crippen LogP contribution >= 0.6 is 0 Å². The van der Waals surface area contributed by atoms with Crippen LogP contribution in [0.5, 0.6) is 5.75 Å². The first-order valence-electron chi connectivity index (χ1n) is 15.6. The van der Waals surface area contributed by atoms with Gasteiger partial charge in [-0.1, -0.05) is 18.1 Å². The maximum absolute atomic E-state index is 13.5. The molecule has 1 atom stereocenters. The highest BCUT2D eigenvalue weighted by Gasteiger charge is 2.34. The molecule has 3 N–H and O–H groups in total. The van der Waals surface area contributed by atoms with E-state index in [4.69, 9.17) is 9.47 Å². The Hall–Kier alpha value is -3.66. The van der Waals surface area contributed by atoms with Gasteiger partial charge in [-0.3, -0.25) is 10.2 Å². The van der Waals surface area contributed by atoms with Gasteiger partial charge in [0, 0.05) is 30.4 Å². The van der Waals surface area contributed by atoms with Gasteiger partial charge in [0.25, 0.3) is 5.91 Å². The van der Waals surface area contributed by atoms with Crippen molar-refractivity contribution >= 4 is 23.0 Å². The zero-order valence-electron chi connectivity index (χ0n) is 24.7. The maximum Gasteiger partial charge on any atom is 0.421 e. The Morgan fingerprint density at radius 2 is 1.90 bits per heavy atom. The summed E-state index contributed by atoms with van der Waals surface area (Å²) in [6.45, 7) is 5.79. The first kappa shape index (κ1) is 28.5. The van der Waals surface area contributed by atoms with E-state index in [2.05, 4.69) is 49.8 Å². The molecular weight excluding hydrogens is 532 g/mol. The van der Waals surface area contributed by atoms with Gasteiger partial charge in [-0.2, -0.15) is 0 Å². The highest BCUT2D eigenvalue weighted by atomic mass is 16.6. The molecule has 2 aliphatic carbocycles. The van der Waals surface area contributed by atoms with Crippen LogP contribution in [0.15, 0.2) is 30.7 Å². The normalized spacial score (nSPS) is 23.0. The molecule has 1 aromatic carbocycles. The van der Waals surface area contributed by atoms with Crippen LogP contribution in [0.3, 0.4) is 0 Å². The van der Waals surface area contributed by atoms with E-state index in [0.717, 1.165) is 73.2 Å². The zero-order valence-corrected chi connectivity index (χ0v) is 24.7. The summed E-state index contributed by atoms with van der Waals surface area (Å²) >= 11 is 0. The lowest BCUT2D eigenvalue weighted by molar-refractivity contribution is 0.0269. The fourth-order valence-electron chi connectivity index (χ4n) is 6.54. The van der Waals surface area contributed by atoms with Crippen LogP contribution < -0.4 is 15.5 Å². The Kier molecular flexibility index (Phi) is 8.60. The number of H-pyrrole nitrogens is 1. The lowest BCUT2D eigenvalue weighted by Crippen LogP contribution is -2.54. The first-order valence-corrected chi connectivity index (χ1v) is 15.6. The fraction of sp³-hybridized carbons (Fsp3) is 0.562. The number of amides is 2. The number of fused-ring (bicyclic) bond motifs is 1. The Morgan fingerprint density at radius 1 is 1.07 bits per heavy atom. The third kappa shape index (κ3) is 6.38. The molecule has 1 saturated heterocycles. The molecule has 10 heteroatoms. The van der Waals surface area contributed by atoms with Gasteiger partial charge in [0.05, 0.1) is 24.3 Å². The van der Waals surface area contributed by atoms with Crippen LogP contribution in [0, 0.1) is 18.8 Å². The molecule has 2 amide bonds. The topological polar surface area (TPSA) is 121 Å². The van der Waals surface area contributed by atoms with Crippen LogP contribution in [-0.2, 0) is 4.74 Å². The number of aromatic amines is 1. The van der Waals surface area contributed by atoms with Crippen molar-refractivity contribution in [2.45, 2.75) is 83.7 Å². The third-order valence-corrected chi connectivity index (χ3v) is 8.98. The standard InChI is InChI=1S/C32H42N6O4/c1-3-41-32(40)37-38-15-5-4-6-26(38)22-10-12-23(13-11-22)36-31(39)25-17-33-30-28(34-19-35-29(25)30)24-16-20(2)7-14-27(24)42-18-21-8-9-21/h7,14,16-17,19,21-23,26,33H,3-6,8-13,15,18H2,1-2H3,(H,36,39)(H,37,40). The molecule has 10 nitrogen and oxygen atoms in total. The SMILES string of the molecule is CCOC(=O)NN1CCCCC1C1CCC(NC(=O)c2c[nH]c3c(-c4cc(C)ccc4OCC4CC4)ncnc23)CC1. The molecule has 3 aromatic rings. The van der Waals surface area contributed by atoms with Crippen molar-refractivity contribution in [3.8, 4) is 17.0 Å². The van der Waals surface area contributed by atoms with Crippen molar-refractivity contribution in [3.63, 3.8) is 0 Å². The van der Waals surface area contributed by atoms with E-state index in [1.807, 2.05) is 13.0 Å². The summed E-state index contributed by atoms with van der Waals surface area (Å²) in [6, 6.07) is 6.55. The summed E-state index contributed by atoms with van der Waals surface area (Å²) in [5.41, 5.74) is 7.60. The quantitative estimate of drug-likeness (QED) is 0.307. The van der Waals surface area contributed by atoms with Crippen molar-refractivity contribution in [3.05, 3.63) is 41.9 Å². The van der Waals surface area contributed by atoms with E-state index in [1.54, 1.807) is 6.20 Å². The molecular formula is C32H42N6O4. The highest BCUT2D eigenvalue weighted by molar-refractivity contribution is 6.08. The summed E-state index contributed by atoms with van der Waals surface area (Å²) in [6.07, 6.45) is 12.5. The lowest BCUT2D eigenvalue weighted by Gasteiger charge is -2.42. The third-order valence-electron chi connectivity index (χ3n) is 8.98. The maximum atomic E-state index is 13.5. The van der Waals surface area contributed by atoms with Crippen molar-refractivity contribution in [2.24, 2.45) is 11.8 Å². The first-order chi connectivity index (χ1) is 20.5. The van der Waals surface area contributed by atoms with Crippen molar-refractivity contribution in [1.29, 1.82) is 0 Å². The minimum Gasteiger partial charge on any atom is -0.493 e. The van der Waals surface area contributed by atoms with E-state index < -0.39 is 0 Å². The molecule has 2 aromatic heterocycles. The molecule has 6 rings (SSSR count). The van der Waals surface area contributed by atoms with Gasteiger partial charge in [-0.25, -0.2) is 19.8 Å². The molecule has 2 saturated carbocycles. The van der Waals surface area contributed by atoms with Crippen LogP contribution in [0.25, 0.3) is 22.3 Å². The van der Waals surface area contributed by atoms with Crippen molar-refractivity contribution in [2.75, 3.05) is 19.8 Å². The van der Waals surface area contributed by atoms with Crippen LogP contribution in [-0.4, -0.2) is 63.8 Å². The monoisotopic (exact) mass is 574 g/mol. The second-order valence-electron chi connectivity index (χ2n) is 12.1. The van der Waals surface area contributed by atoms with Gasteiger partial charge in [-0.15, -0.1) is 0 Å². The zero-order chi connectivity index (χ0) is 29.1. The Labute approximate surface area is 246 Å². The van der Waals surface area contributed by atoms with E-state index in [9.17, 15) is 9.59 Å². The number of rotatable bonds is 9. The summed E-state index contributed by atoms with van der Waals surface area (Å²) in [4.78, 5) is 37.9. The minimum atomic E-state index is -0.375. The van der Waals surface area contributed by atoms with Crippen LogP contribution in [0.4, 0.5) is 4.79 Å².